The molecule has 11 nitrogen and oxygen atoms in total. The molecular formula is C29H43N3O8. The first-order valence-corrected chi connectivity index (χ1v) is 14.5. The molecule has 2 saturated heterocycles. The Morgan fingerprint density at radius 3 is 2.65 bits per heavy atom. The molecule has 4 rings (SSSR count). The summed E-state index contributed by atoms with van der Waals surface area (Å²) in [6.07, 6.45) is 4.94. The number of methoxy groups -OCH3 is 1. The van der Waals surface area contributed by atoms with Crippen LogP contribution in [0, 0.1) is 5.92 Å². The summed E-state index contributed by atoms with van der Waals surface area (Å²) in [6.45, 7) is 5.04. The van der Waals surface area contributed by atoms with Gasteiger partial charge in [-0.15, -0.1) is 0 Å². The highest BCUT2D eigenvalue weighted by Gasteiger charge is 2.47. The predicted molar refractivity (Wildman–Crippen MR) is 147 cm³/mol. The second-order valence-electron chi connectivity index (χ2n) is 10.9. The van der Waals surface area contributed by atoms with Gasteiger partial charge < -0.3 is 34.2 Å². The summed E-state index contributed by atoms with van der Waals surface area (Å²) in [4.78, 5) is 44.1. The van der Waals surface area contributed by atoms with Crippen LogP contribution < -0.4 is 14.2 Å². The van der Waals surface area contributed by atoms with E-state index in [-0.39, 0.29) is 37.8 Å². The molecule has 0 saturated carbocycles. The number of rotatable bonds is 15. The number of amides is 2. The molecule has 0 unspecified atom stereocenters. The Morgan fingerprint density at radius 2 is 1.98 bits per heavy atom. The lowest BCUT2D eigenvalue weighted by Gasteiger charge is -2.30. The van der Waals surface area contributed by atoms with Crippen molar-refractivity contribution in [1.82, 2.24) is 14.7 Å². The SMILES string of the molecule is CCCCN(CCCO)C(=O)CN1C[C@H](c2cc(OC)c3c(c2)OCO3)[C@@H](C(=O)O)[C@@H]1CCCN1CCCC1=O. The van der Waals surface area contributed by atoms with Crippen LogP contribution in [0.25, 0.3) is 0 Å². The number of nitrogens with zero attached hydrogens (tertiary/aromatic N) is 3. The van der Waals surface area contributed by atoms with Crippen molar-refractivity contribution < 1.29 is 38.8 Å². The summed E-state index contributed by atoms with van der Waals surface area (Å²) in [5, 5.41) is 19.8. The molecule has 40 heavy (non-hydrogen) atoms. The van der Waals surface area contributed by atoms with Gasteiger partial charge in [0.2, 0.25) is 24.4 Å². The van der Waals surface area contributed by atoms with Gasteiger partial charge in [0.1, 0.15) is 0 Å². The van der Waals surface area contributed by atoms with Crippen molar-refractivity contribution in [1.29, 1.82) is 0 Å². The molecule has 0 bridgehead atoms. The van der Waals surface area contributed by atoms with Crippen LogP contribution in [0.5, 0.6) is 17.2 Å². The molecule has 0 aliphatic carbocycles. The standard InChI is InChI=1S/C29H43N3O8/c1-3-4-10-31(13-7-14-33)26(35)18-32-17-21(20-15-23(38-2)28-24(16-20)39-19-40-28)27(29(36)37)22(32)8-5-11-30-12-6-9-25(30)34/h15-16,21-22,27,33H,3-14,17-19H2,1-2H3,(H,36,37)/t21-,22+,27-/m1/s1. The molecule has 0 spiro atoms. The second kappa shape index (κ2) is 14.0. The third-order valence-electron chi connectivity index (χ3n) is 8.30. The van der Waals surface area contributed by atoms with E-state index < -0.39 is 17.8 Å². The third kappa shape index (κ3) is 6.80. The molecule has 3 aliphatic heterocycles. The van der Waals surface area contributed by atoms with Crippen LogP contribution in [0.3, 0.4) is 0 Å². The van der Waals surface area contributed by atoms with Gasteiger partial charge in [-0.3, -0.25) is 19.3 Å². The Balaban J connectivity index is 1.59. The summed E-state index contributed by atoms with van der Waals surface area (Å²) in [7, 11) is 1.54. The van der Waals surface area contributed by atoms with Crippen molar-refractivity contribution >= 4 is 17.8 Å². The molecule has 11 heteroatoms. The van der Waals surface area contributed by atoms with Crippen LogP contribution in [-0.4, -0.2) is 109 Å². The first-order chi connectivity index (χ1) is 19.4. The molecule has 2 fully saturated rings. The maximum Gasteiger partial charge on any atom is 0.308 e. The van der Waals surface area contributed by atoms with E-state index in [9.17, 15) is 24.6 Å². The molecule has 3 heterocycles. The quantitative estimate of drug-likeness (QED) is 0.331. The minimum Gasteiger partial charge on any atom is -0.493 e. The van der Waals surface area contributed by atoms with Crippen LogP contribution in [0.1, 0.15) is 63.4 Å². The predicted octanol–water partition coefficient (Wildman–Crippen LogP) is 2.31. The highest BCUT2D eigenvalue weighted by molar-refractivity contribution is 5.79. The highest BCUT2D eigenvalue weighted by atomic mass is 16.7. The summed E-state index contributed by atoms with van der Waals surface area (Å²) < 4.78 is 16.7. The van der Waals surface area contributed by atoms with Crippen molar-refractivity contribution in [3.63, 3.8) is 0 Å². The minimum atomic E-state index is -0.915. The summed E-state index contributed by atoms with van der Waals surface area (Å²) >= 11 is 0. The Morgan fingerprint density at radius 1 is 1.18 bits per heavy atom. The summed E-state index contributed by atoms with van der Waals surface area (Å²) in [5.41, 5.74) is 0.770. The maximum atomic E-state index is 13.5. The fourth-order valence-corrected chi connectivity index (χ4v) is 6.23. The molecule has 1 aromatic carbocycles. The zero-order valence-corrected chi connectivity index (χ0v) is 23.7. The number of carbonyl (C=O) groups excluding carboxylic acids is 2. The van der Waals surface area contributed by atoms with Gasteiger partial charge >= 0.3 is 5.97 Å². The van der Waals surface area contributed by atoms with E-state index in [2.05, 4.69) is 6.92 Å². The van der Waals surface area contributed by atoms with Gasteiger partial charge in [-0.25, -0.2) is 0 Å². The Bertz CT molecular complexity index is 1040. The maximum absolute atomic E-state index is 13.5. The number of benzene rings is 1. The van der Waals surface area contributed by atoms with E-state index in [4.69, 9.17) is 14.2 Å². The summed E-state index contributed by atoms with van der Waals surface area (Å²) in [5.74, 6) is -0.465. The van der Waals surface area contributed by atoms with Gasteiger partial charge in [0.25, 0.3) is 0 Å². The van der Waals surface area contributed by atoms with Crippen LogP contribution in [0.15, 0.2) is 12.1 Å². The topological polar surface area (TPSA) is 129 Å². The number of unbranched alkanes of at least 4 members (excludes halogenated alkanes) is 1. The van der Waals surface area contributed by atoms with Crippen LogP contribution >= 0.6 is 0 Å². The Kier molecular flexibility index (Phi) is 10.5. The number of hydrogen-bond acceptors (Lipinski definition) is 8. The zero-order valence-electron chi connectivity index (χ0n) is 23.7. The van der Waals surface area contributed by atoms with E-state index in [0.717, 1.165) is 31.4 Å². The fraction of sp³-hybridized carbons (Fsp3) is 0.690. The lowest BCUT2D eigenvalue weighted by molar-refractivity contribution is -0.144. The number of likely N-dealkylation sites (tertiary alicyclic amines) is 2. The zero-order chi connectivity index (χ0) is 28.6. The van der Waals surface area contributed by atoms with E-state index in [1.807, 2.05) is 21.9 Å². The number of aliphatic carboxylic acids is 1. The van der Waals surface area contributed by atoms with Crippen LogP contribution in [0.4, 0.5) is 0 Å². The van der Waals surface area contributed by atoms with E-state index >= 15 is 0 Å². The van der Waals surface area contributed by atoms with Crippen molar-refractivity contribution in [3.05, 3.63) is 17.7 Å². The third-order valence-corrected chi connectivity index (χ3v) is 8.30. The molecule has 222 valence electrons. The average Bonchev–Trinajstić information content (AvgIpc) is 3.67. The number of aliphatic hydroxyl groups excluding tert-OH is 1. The van der Waals surface area contributed by atoms with Gasteiger partial charge in [-0.1, -0.05) is 13.3 Å². The lowest BCUT2D eigenvalue weighted by atomic mass is 9.83. The molecule has 0 aromatic heterocycles. The number of aliphatic hydroxyl groups is 1. The van der Waals surface area contributed by atoms with Crippen molar-refractivity contribution in [2.75, 3.05) is 59.8 Å². The number of fused-ring (bicyclic) bond motifs is 1. The average molecular weight is 562 g/mol. The summed E-state index contributed by atoms with van der Waals surface area (Å²) in [6, 6.07) is 3.26. The van der Waals surface area contributed by atoms with E-state index in [0.29, 0.717) is 69.1 Å². The highest BCUT2D eigenvalue weighted by Crippen LogP contribution is 2.47. The second-order valence-corrected chi connectivity index (χ2v) is 10.9. The number of carboxylic acid groups (broad SMARTS) is 1. The van der Waals surface area contributed by atoms with Crippen molar-refractivity contribution in [2.45, 2.75) is 63.8 Å². The number of carboxylic acids is 1. The Hall–Kier alpha value is -3.05. The van der Waals surface area contributed by atoms with E-state index in [1.165, 1.54) is 7.11 Å². The van der Waals surface area contributed by atoms with E-state index in [1.54, 1.807) is 4.90 Å². The molecule has 3 aliphatic rings. The van der Waals surface area contributed by atoms with Gasteiger partial charge in [0.15, 0.2) is 11.5 Å². The molecule has 0 radical (unpaired) electrons. The largest absolute Gasteiger partial charge is 0.493 e. The fourth-order valence-electron chi connectivity index (χ4n) is 6.23. The van der Waals surface area contributed by atoms with Gasteiger partial charge in [-0.2, -0.15) is 0 Å². The van der Waals surface area contributed by atoms with Crippen LogP contribution in [0.2, 0.25) is 0 Å². The van der Waals surface area contributed by atoms with Gasteiger partial charge in [0, 0.05) is 57.7 Å². The Labute approximate surface area is 236 Å². The number of hydrogen-bond donors (Lipinski definition) is 2. The van der Waals surface area contributed by atoms with Gasteiger partial charge in [-0.05, 0) is 49.8 Å². The first-order valence-electron chi connectivity index (χ1n) is 14.5. The van der Waals surface area contributed by atoms with Crippen molar-refractivity contribution in [2.24, 2.45) is 5.92 Å². The molecule has 2 amide bonds. The molecule has 2 N–H and O–H groups in total. The van der Waals surface area contributed by atoms with Crippen molar-refractivity contribution in [3.8, 4) is 17.2 Å². The molecule has 1 aromatic rings. The number of ether oxygens (including phenoxy) is 3. The minimum absolute atomic E-state index is 0.00652. The number of carbonyl (C=O) groups is 3. The monoisotopic (exact) mass is 561 g/mol. The normalized spacial score (nSPS) is 22.2. The van der Waals surface area contributed by atoms with Gasteiger partial charge in [0.05, 0.1) is 19.6 Å². The lowest BCUT2D eigenvalue weighted by Crippen LogP contribution is -2.45. The molecule has 3 atom stereocenters. The van der Waals surface area contributed by atoms with Crippen LogP contribution in [-0.2, 0) is 14.4 Å². The smallest absolute Gasteiger partial charge is 0.308 e. The first kappa shape index (κ1) is 29.9. The molecular weight excluding hydrogens is 518 g/mol.